The molecule has 1 aliphatic carbocycles. The van der Waals surface area contributed by atoms with Gasteiger partial charge in [-0.2, -0.15) is 13.2 Å². The van der Waals surface area contributed by atoms with Crippen LogP contribution in [0.4, 0.5) is 18.9 Å². The predicted molar refractivity (Wildman–Crippen MR) is 102 cm³/mol. The Balaban J connectivity index is 1.77. The fraction of sp³-hybridized carbons (Fsp3) is 0.316. The summed E-state index contributed by atoms with van der Waals surface area (Å²) in [5.74, 6) is -0.632. The SMILES string of the molecule is CN(CC(=O)Nc1ccccc1C(F)(F)F)[C@@H]1c2cc(Cl)cc(Cl)c2C[C@H]1O. The van der Waals surface area contributed by atoms with Crippen molar-refractivity contribution in [3.63, 3.8) is 0 Å². The van der Waals surface area contributed by atoms with Gasteiger partial charge < -0.3 is 10.4 Å². The van der Waals surface area contributed by atoms with Gasteiger partial charge in [0.1, 0.15) is 0 Å². The number of carbonyl (C=O) groups is 1. The standard InChI is InChI=1S/C19H17Cl2F3N2O2/c1-26(18-12-6-10(20)7-14(21)11(12)8-16(18)27)9-17(28)25-15-5-3-2-4-13(15)19(22,23)24/h2-7,16,18,27H,8-9H2,1H3,(H,25,28)/t16-,18-/m1/s1. The van der Waals surface area contributed by atoms with Gasteiger partial charge in [-0.15, -0.1) is 0 Å². The minimum Gasteiger partial charge on any atom is -0.391 e. The van der Waals surface area contributed by atoms with Crippen LogP contribution in [0.5, 0.6) is 0 Å². The van der Waals surface area contributed by atoms with Crippen molar-refractivity contribution in [1.82, 2.24) is 4.90 Å². The van der Waals surface area contributed by atoms with E-state index in [1.165, 1.54) is 18.2 Å². The van der Waals surface area contributed by atoms with Crippen molar-refractivity contribution in [3.05, 3.63) is 63.1 Å². The van der Waals surface area contributed by atoms with E-state index in [-0.39, 0.29) is 12.2 Å². The maximum atomic E-state index is 13.1. The first kappa shape index (κ1) is 20.9. The van der Waals surface area contributed by atoms with Crippen molar-refractivity contribution in [2.75, 3.05) is 18.9 Å². The molecule has 0 aromatic heterocycles. The number of hydrogen-bond donors (Lipinski definition) is 2. The second kappa shape index (κ2) is 7.91. The van der Waals surface area contributed by atoms with Crippen LogP contribution in [0, 0.1) is 0 Å². The summed E-state index contributed by atoms with van der Waals surface area (Å²) >= 11 is 12.2. The number of fused-ring (bicyclic) bond motifs is 1. The van der Waals surface area contributed by atoms with Crippen molar-refractivity contribution in [1.29, 1.82) is 0 Å². The lowest BCUT2D eigenvalue weighted by molar-refractivity contribution is -0.137. The number of carbonyl (C=O) groups excluding carboxylic acids is 1. The highest BCUT2D eigenvalue weighted by Crippen LogP contribution is 2.41. The molecule has 0 fully saturated rings. The van der Waals surface area contributed by atoms with Crippen molar-refractivity contribution < 1.29 is 23.1 Å². The summed E-state index contributed by atoms with van der Waals surface area (Å²) in [4.78, 5) is 13.9. The molecule has 9 heteroatoms. The normalized spacial score (nSPS) is 19.0. The molecule has 0 bridgehead atoms. The number of alkyl halides is 3. The molecular weight excluding hydrogens is 416 g/mol. The van der Waals surface area contributed by atoms with E-state index in [1.807, 2.05) is 0 Å². The number of rotatable bonds is 4. The molecule has 1 amide bonds. The van der Waals surface area contributed by atoms with Crippen molar-refractivity contribution in [2.24, 2.45) is 0 Å². The number of anilines is 1. The molecule has 2 atom stereocenters. The Morgan fingerprint density at radius 2 is 1.96 bits per heavy atom. The van der Waals surface area contributed by atoms with E-state index in [2.05, 4.69) is 5.32 Å². The molecule has 4 nitrogen and oxygen atoms in total. The third kappa shape index (κ3) is 4.27. The molecule has 1 aliphatic rings. The Hall–Kier alpha value is -1.80. The van der Waals surface area contributed by atoms with Gasteiger partial charge in [0.05, 0.1) is 29.9 Å². The molecule has 0 unspecified atom stereocenters. The second-order valence-corrected chi connectivity index (χ2v) is 7.52. The lowest BCUT2D eigenvalue weighted by Gasteiger charge is -2.27. The Morgan fingerprint density at radius 1 is 1.29 bits per heavy atom. The first-order valence-electron chi connectivity index (χ1n) is 8.40. The Morgan fingerprint density at radius 3 is 2.64 bits per heavy atom. The number of benzene rings is 2. The maximum absolute atomic E-state index is 13.1. The first-order chi connectivity index (χ1) is 13.1. The number of halogens is 5. The Bertz CT molecular complexity index is 905. The van der Waals surface area contributed by atoms with Gasteiger partial charge >= 0.3 is 6.18 Å². The van der Waals surface area contributed by atoms with Gasteiger partial charge in [-0.05, 0) is 42.4 Å². The number of nitrogens with one attached hydrogen (secondary N) is 1. The molecule has 0 radical (unpaired) electrons. The van der Waals surface area contributed by atoms with E-state index in [4.69, 9.17) is 23.2 Å². The van der Waals surface area contributed by atoms with Gasteiger partial charge in [0, 0.05) is 16.5 Å². The molecule has 2 aromatic carbocycles. The minimum absolute atomic E-state index is 0.225. The molecule has 0 spiro atoms. The summed E-state index contributed by atoms with van der Waals surface area (Å²) < 4.78 is 39.2. The fourth-order valence-electron chi connectivity index (χ4n) is 3.52. The third-order valence-corrected chi connectivity index (χ3v) is 5.22. The van der Waals surface area contributed by atoms with E-state index in [0.717, 1.165) is 11.6 Å². The summed E-state index contributed by atoms with van der Waals surface area (Å²) in [6.07, 6.45) is -5.09. The number of para-hydroxylation sites is 1. The van der Waals surface area contributed by atoms with E-state index in [9.17, 15) is 23.1 Å². The summed E-state index contributed by atoms with van der Waals surface area (Å²) in [5, 5.41) is 13.6. The number of hydrogen-bond acceptors (Lipinski definition) is 3. The van der Waals surface area contributed by atoms with E-state index in [0.29, 0.717) is 22.0 Å². The topological polar surface area (TPSA) is 52.6 Å². The highest BCUT2D eigenvalue weighted by molar-refractivity contribution is 6.35. The van der Waals surface area contributed by atoms with E-state index in [1.54, 1.807) is 24.1 Å². The van der Waals surface area contributed by atoms with Gasteiger partial charge in [-0.3, -0.25) is 9.69 Å². The summed E-state index contributed by atoms with van der Waals surface area (Å²) in [5.41, 5.74) is 0.219. The monoisotopic (exact) mass is 432 g/mol. The van der Waals surface area contributed by atoms with Crippen LogP contribution in [0.3, 0.4) is 0 Å². The van der Waals surface area contributed by atoms with Gasteiger partial charge in [-0.25, -0.2) is 0 Å². The van der Waals surface area contributed by atoms with E-state index >= 15 is 0 Å². The van der Waals surface area contributed by atoms with Gasteiger partial charge in [0.15, 0.2) is 0 Å². The van der Waals surface area contributed by atoms with Gasteiger partial charge in [-0.1, -0.05) is 35.3 Å². The van der Waals surface area contributed by atoms with E-state index < -0.39 is 29.8 Å². The maximum Gasteiger partial charge on any atom is 0.418 e. The average molecular weight is 433 g/mol. The van der Waals surface area contributed by atoms with Crippen LogP contribution in [-0.4, -0.2) is 35.6 Å². The van der Waals surface area contributed by atoms with Crippen molar-refractivity contribution >= 4 is 34.8 Å². The number of nitrogens with zero attached hydrogens (tertiary/aromatic N) is 1. The van der Waals surface area contributed by atoms with Crippen LogP contribution >= 0.6 is 23.2 Å². The predicted octanol–water partition coefficient (Wildman–Crippen LogP) is 4.54. The van der Waals surface area contributed by atoms with Crippen LogP contribution in [0.15, 0.2) is 36.4 Å². The zero-order chi connectivity index (χ0) is 20.6. The van der Waals surface area contributed by atoms with Gasteiger partial charge in [0.2, 0.25) is 5.91 Å². The highest BCUT2D eigenvalue weighted by Gasteiger charge is 2.37. The van der Waals surface area contributed by atoms with Crippen molar-refractivity contribution in [3.8, 4) is 0 Å². The van der Waals surface area contributed by atoms with Crippen LogP contribution in [0.25, 0.3) is 0 Å². The smallest absolute Gasteiger partial charge is 0.391 e. The molecule has 0 heterocycles. The van der Waals surface area contributed by atoms with Gasteiger partial charge in [0.25, 0.3) is 0 Å². The molecule has 2 aromatic rings. The molecule has 0 saturated heterocycles. The summed E-state index contributed by atoms with van der Waals surface area (Å²) in [7, 11) is 1.60. The molecule has 150 valence electrons. The quantitative estimate of drug-likeness (QED) is 0.745. The number of amides is 1. The number of likely N-dealkylation sites (N-methyl/N-ethyl adjacent to an activating group) is 1. The average Bonchev–Trinajstić information content (AvgIpc) is 2.90. The Labute approximate surface area is 169 Å². The molecule has 0 aliphatic heterocycles. The molecular formula is C19H17Cl2F3N2O2. The fourth-order valence-corrected chi connectivity index (χ4v) is 4.10. The van der Waals surface area contributed by atoms with Crippen LogP contribution < -0.4 is 5.32 Å². The molecule has 0 saturated carbocycles. The zero-order valence-corrected chi connectivity index (χ0v) is 16.2. The summed E-state index contributed by atoms with van der Waals surface area (Å²) in [6.45, 7) is -0.225. The highest BCUT2D eigenvalue weighted by atomic mass is 35.5. The van der Waals surface area contributed by atoms with Crippen LogP contribution in [0.1, 0.15) is 22.7 Å². The number of aliphatic hydroxyl groups excluding tert-OH is 1. The second-order valence-electron chi connectivity index (χ2n) is 6.68. The minimum atomic E-state index is -4.58. The largest absolute Gasteiger partial charge is 0.418 e. The number of aliphatic hydroxyl groups is 1. The molecule has 3 rings (SSSR count). The first-order valence-corrected chi connectivity index (χ1v) is 9.15. The van der Waals surface area contributed by atoms with Crippen molar-refractivity contribution in [2.45, 2.75) is 24.7 Å². The van der Waals surface area contributed by atoms with Crippen LogP contribution in [-0.2, 0) is 17.4 Å². The molecule has 2 N–H and O–H groups in total. The zero-order valence-electron chi connectivity index (χ0n) is 14.7. The lowest BCUT2D eigenvalue weighted by Crippen LogP contribution is -2.37. The van der Waals surface area contributed by atoms with Crippen LogP contribution in [0.2, 0.25) is 10.0 Å². The third-order valence-electron chi connectivity index (χ3n) is 4.67. The Kier molecular flexibility index (Phi) is 5.91. The molecule has 28 heavy (non-hydrogen) atoms. The lowest BCUT2D eigenvalue weighted by atomic mass is 10.1. The summed E-state index contributed by atoms with van der Waals surface area (Å²) in [6, 6.07) is 7.48.